The van der Waals surface area contributed by atoms with Crippen LogP contribution in [0.25, 0.3) is 0 Å². The number of fused-ring (bicyclic) bond motifs is 5. The second kappa shape index (κ2) is 7.18. The van der Waals surface area contributed by atoms with Crippen molar-refractivity contribution in [3.8, 4) is 23.0 Å². The summed E-state index contributed by atoms with van der Waals surface area (Å²) < 4.78 is 12.7. The van der Waals surface area contributed by atoms with Crippen LogP contribution in [0, 0.1) is 0 Å². The Bertz CT molecular complexity index is 1010. The number of ether oxygens (including phenoxy) is 2. The van der Waals surface area contributed by atoms with Crippen LogP contribution in [0.15, 0.2) is 53.6 Å². The second-order valence-electron chi connectivity index (χ2n) is 8.58. The topological polar surface area (TPSA) is 58.9 Å². The van der Waals surface area contributed by atoms with Crippen LogP contribution in [0.3, 0.4) is 0 Å². The molecule has 0 unspecified atom stereocenters. The van der Waals surface area contributed by atoms with Crippen molar-refractivity contribution < 1.29 is 19.7 Å². The Morgan fingerprint density at radius 1 is 1.07 bits per heavy atom. The van der Waals surface area contributed by atoms with Crippen molar-refractivity contribution in [3.63, 3.8) is 0 Å². The summed E-state index contributed by atoms with van der Waals surface area (Å²) >= 11 is 0. The number of hydrogen-bond donors (Lipinski definition) is 2. The molecule has 2 aliphatic rings. The maximum absolute atomic E-state index is 10.6. The second-order valence-corrected chi connectivity index (χ2v) is 8.58. The molecule has 2 aromatic rings. The van der Waals surface area contributed by atoms with Gasteiger partial charge in [-0.15, -0.1) is 0 Å². The summed E-state index contributed by atoms with van der Waals surface area (Å²) in [5, 5.41) is 20.4. The summed E-state index contributed by atoms with van der Waals surface area (Å²) in [7, 11) is 0. The Kier molecular flexibility index (Phi) is 4.81. The van der Waals surface area contributed by atoms with E-state index in [1.165, 1.54) is 11.1 Å². The van der Waals surface area contributed by atoms with Gasteiger partial charge in [-0.25, -0.2) is 0 Å². The lowest BCUT2D eigenvalue weighted by molar-refractivity contribution is 0.0721. The molecule has 152 valence electrons. The molecule has 0 bridgehead atoms. The molecule has 0 radical (unpaired) electrons. The highest BCUT2D eigenvalue weighted by Crippen LogP contribution is 2.59. The van der Waals surface area contributed by atoms with Crippen molar-refractivity contribution in [2.75, 3.05) is 6.61 Å². The molecule has 0 amide bonds. The van der Waals surface area contributed by atoms with Crippen molar-refractivity contribution in [3.05, 3.63) is 70.3 Å². The third-order valence-corrected chi connectivity index (χ3v) is 5.86. The van der Waals surface area contributed by atoms with E-state index < -0.39 is 0 Å². The van der Waals surface area contributed by atoms with E-state index in [9.17, 15) is 10.2 Å². The van der Waals surface area contributed by atoms with E-state index in [0.29, 0.717) is 18.8 Å². The highest BCUT2D eigenvalue weighted by molar-refractivity contribution is 5.60. The number of aromatic hydroxyl groups is 2. The molecule has 2 atom stereocenters. The molecule has 2 aliphatic heterocycles. The zero-order valence-corrected chi connectivity index (χ0v) is 17.5. The Hall–Kier alpha value is -2.88. The Morgan fingerprint density at radius 2 is 1.83 bits per heavy atom. The molecule has 4 heteroatoms. The molecular weight excluding hydrogens is 364 g/mol. The van der Waals surface area contributed by atoms with Crippen LogP contribution in [0.1, 0.15) is 56.9 Å². The third-order valence-electron chi connectivity index (χ3n) is 5.86. The smallest absolute Gasteiger partial charge is 0.141 e. The highest BCUT2D eigenvalue weighted by Gasteiger charge is 2.54. The minimum atomic E-state index is -0.371. The van der Waals surface area contributed by atoms with E-state index in [1.54, 1.807) is 18.2 Å². The summed E-state index contributed by atoms with van der Waals surface area (Å²) in [5.41, 5.74) is 4.89. The average Bonchev–Trinajstić information content (AvgIpc) is 3.00. The monoisotopic (exact) mass is 392 g/mol. The minimum absolute atomic E-state index is 0.179. The lowest BCUT2D eigenvalue weighted by Gasteiger charge is -2.38. The van der Waals surface area contributed by atoms with Crippen molar-refractivity contribution in [1.29, 1.82) is 0 Å². The van der Waals surface area contributed by atoms with E-state index in [4.69, 9.17) is 9.47 Å². The van der Waals surface area contributed by atoms with Crippen LogP contribution in [0.5, 0.6) is 23.0 Å². The van der Waals surface area contributed by atoms with E-state index in [1.807, 2.05) is 26.0 Å². The number of allylic oxidation sites excluding steroid dienone is 4. The zero-order chi connectivity index (χ0) is 20.8. The fraction of sp³-hybridized carbons (Fsp3) is 0.360. The largest absolute Gasteiger partial charge is 0.508 e. The summed E-state index contributed by atoms with van der Waals surface area (Å²) in [6, 6.07) is 8.95. The highest BCUT2D eigenvalue weighted by atomic mass is 16.5. The van der Waals surface area contributed by atoms with Crippen molar-refractivity contribution in [1.82, 2.24) is 0 Å². The Labute approximate surface area is 172 Å². The molecule has 0 aliphatic carbocycles. The average molecular weight is 392 g/mol. The van der Waals surface area contributed by atoms with E-state index in [2.05, 4.69) is 26.0 Å². The standard InChI is InChI=1S/C25H28O4/c1-15(2)5-7-18-21(27)10-9-20-23(18)29-24-19-8-6-17(26)13-22(19)28-14-25(20,24)12-11-16(3)4/h5-6,8-11,13,24,26-27H,7,12,14H2,1-4H3/t24-,25-/m0/s1. The molecule has 0 spiro atoms. The van der Waals surface area contributed by atoms with E-state index >= 15 is 0 Å². The number of benzene rings is 2. The summed E-state index contributed by atoms with van der Waals surface area (Å²) in [6.45, 7) is 8.74. The summed E-state index contributed by atoms with van der Waals surface area (Å²) in [4.78, 5) is 0. The van der Waals surface area contributed by atoms with Crippen molar-refractivity contribution in [2.45, 2.75) is 52.1 Å². The number of phenols is 2. The number of hydrogen-bond acceptors (Lipinski definition) is 4. The first kappa shape index (κ1) is 19.4. The first-order valence-corrected chi connectivity index (χ1v) is 10.1. The van der Waals surface area contributed by atoms with Crippen LogP contribution in [-0.4, -0.2) is 16.8 Å². The fourth-order valence-electron chi connectivity index (χ4n) is 4.27. The van der Waals surface area contributed by atoms with Gasteiger partial charge < -0.3 is 19.7 Å². The predicted molar refractivity (Wildman–Crippen MR) is 114 cm³/mol. The van der Waals surface area contributed by atoms with Gasteiger partial charge in [-0.2, -0.15) is 0 Å². The molecule has 4 rings (SSSR count). The first-order chi connectivity index (χ1) is 13.8. The zero-order valence-electron chi connectivity index (χ0n) is 17.5. The predicted octanol–water partition coefficient (Wildman–Crippen LogP) is 5.73. The van der Waals surface area contributed by atoms with E-state index in [-0.39, 0.29) is 23.0 Å². The van der Waals surface area contributed by atoms with Crippen molar-refractivity contribution >= 4 is 0 Å². The molecule has 0 aromatic heterocycles. The third kappa shape index (κ3) is 3.27. The molecule has 0 fully saturated rings. The van der Waals surface area contributed by atoms with Crippen LogP contribution in [-0.2, 0) is 11.8 Å². The SMILES string of the molecule is CC(C)=CCc1c(O)ccc2c1O[C@H]1c3ccc(O)cc3OC[C@@]21CC=C(C)C. The normalized spacial score (nSPS) is 21.2. The van der Waals surface area contributed by atoms with Gasteiger partial charge in [-0.05, 0) is 58.7 Å². The lowest BCUT2D eigenvalue weighted by atomic mass is 9.71. The molecule has 0 saturated heterocycles. The van der Waals surface area contributed by atoms with E-state index in [0.717, 1.165) is 28.9 Å². The number of phenolic OH excluding ortho intramolecular Hbond substituents is 2. The van der Waals surface area contributed by atoms with Gasteiger partial charge in [0.15, 0.2) is 0 Å². The molecular formula is C25H28O4. The maximum Gasteiger partial charge on any atom is 0.141 e. The van der Waals surface area contributed by atoms with Gasteiger partial charge in [0.2, 0.25) is 0 Å². The van der Waals surface area contributed by atoms with Crippen LogP contribution in [0.2, 0.25) is 0 Å². The molecule has 2 aromatic carbocycles. The fourth-order valence-corrected chi connectivity index (χ4v) is 4.27. The molecule has 2 heterocycles. The Balaban J connectivity index is 1.89. The molecule has 29 heavy (non-hydrogen) atoms. The van der Waals surface area contributed by atoms with Crippen LogP contribution >= 0.6 is 0 Å². The summed E-state index contributed by atoms with van der Waals surface area (Å²) in [6.07, 6.45) is 5.49. The quantitative estimate of drug-likeness (QED) is 0.653. The van der Waals surface area contributed by atoms with Gasteiger partial charge in [0, 0.05) is 22.8 Å². The molecule has 0 saturated carbocycles. The van der Waals surface area contributed by atoms with Crippen LogP contribution in [0.4, 0.5) is 0 Å². The number of rotatable bonds is 4. The van der Waals surface area contributed by atoms with Gasteiger partial charge in [0.25, 0.3) is 0 Å². The van der Waals surface area contributed by atoms with Crippen molar-refractivity contribution in [2.24, 2.45) is 0 Å². The molecule has 4 nitrogen and oxygen atoms in total. The van der Waals surface area contributed by atoms with Gasteiger partial charge in [-0.1, -0.05) is 29.4 Å². The van der Waals surface area contributed by atoms with Gasteiger partial charge in [0.05, 0.1) is 5.41 Å². The first-order valence-electron chi connectivity index (χ1n) is 10.1. The molecule has 2 N–H and O–H groups in total. The van der Waals surface area contributed by atoms with Crippen LogP contribution < -0.4 is 9.47 Å². The van der Waals surface area contributed by atoms with Gasteiger partial charge in [0.1, 0.15) is 35.7 Å². The lowest BCUT2D eigenvalue weighted by Crippen LogP contribution is -2.41. The minimum Gasteiger partial charge on any atom is -0.508 e. The maximum atomic E-state index is 10.6. The summed E-state index contributed by atoms with van der Waals surface area (Å²) in [5.74, 6) is 1.85. The van der Waals surface area contributed by atoms with Gasteiger partial charge in [-0.3, -0.25) is 0 Å². The van der Waals surface area contributed by atoms with Gasteiger partial charge >= 0.3 is 0 Å². The Morgan fingerprint density at radius 3 is 2.55 bits per heavy atom.